The minimum Gasteiger partial charge on any atom is -0.399 e. The van der Waals surface area contributed by atoms with Gasteiger partial charge in [0.25, 0.3) is 0 Å². The van der Waals surface area contributed by atoms with Crippen LogP contribution in [0.4, 0.5) is 0 Å². The van der Waals surface area contributed by atoms with Crippen molar-refractivity contribution in [1.29, 1.82) is 0 Å². The van der Waals surface area contributed by atoms with Gasteiger partial charge in [0.05, 0.1) is 0 Å². The van der Waals surface area contributed by atoms with Crippen molar-refractivity contribution in [3.8, 4) is 0 Å². The number of hydrogen-bond donors (Lipinski definition) is 0. The van der Waals surface area contributed by atoms with Crippen molar-refractivity contribution in [2.75, 3.05) is 13.2 Å². The summed E-state index contributed by atoms with van der Waals surface area (Å²) < 4.78 is 10.4. The molecular weight excluding hydrogens is 180 g/mol. The molecule has 0 aliphatic heterocycles. The Morgan fingerprint density at radius 2 is 1.08 bits per heavy atom. The fourth-order valence-electron chi connectivity index (χ4n) is 0.465. The van der Waals surface area contributed by atoms with E-state index in [2.05, 4.69) is 27.7 Å². The van der Waals surface area contributed by atoms with E-state index in [1.54, 1.807) is 0 Å². The molecule has 0 aliphatic carbocycles. The Hall–Kier alpha value is 0.137. The quantitative estimate of drug-likeness (QED) is 0.471. The fourth-order valence-corrected chi connectivity index (χ4v) is 1.40. The lowest BCUT2D eigenvalue weighted by Crippen LogP contribution is -2.05. The first-order valence-electron chi connectivity index (χ1n) is 5.48. The molecule has 0 aromatic carbocycles. The Morgan fingerprint density at radius 3 is 1.31 bits per heavy atom. The molecule has 2 nitrogen and oxygen atoms in total. The molecule has 13 heavy (non-hydrogen) atoms. The summed E-state index contributed by atoms with van der Waals surface area (Å²) in [5.74, 6) is 0. The summed E-state index contributed by atoms with van der Waals surface area (Å²) in [6, 6.07) is 0. The van der Waals surface area contributed by atoms with Gasteiger partial charge in [-0.05, 0) is 12.8 Å². The van der Waals surface area contributed by atoms with E-state index in [1.807, 2.05) is 0 Å². The summed E-state index contributed by atoms with van der Waals surface area (Å²) in [7, 11) is -0.611. The fraction of sp³-hybridized carbons (Fsp3) is 1.00. The molecule has 0 rings (SSSR count). The van der Waals surface area contributed by atoms with E-state index in [4.69, 9.17) is 8.85 Å². The summed E-state index contributed by atoms with van der Waals surface area (Å²) in [4.78, 5) is 0. The van der Waals surface area contributed by atoms with Crippen molar-refractivity contribution in [3.05, 3.63) is 0 Å². The molecule has 0 radical (unpaired) electrons. The van der Waals surface area contributed by atoms with Crippen LogP contribution < -0.4 is 0 Å². The van der Waals surface area contributed by atoms with E-state index >= 15 is 0 Å². The lowest BCUT2D eigenvalue weighted by molar-refractivity contribution is 0.222. The van der Waals surface area contributed by atoms with E-state index in [1.165, 1.54) is 12.8 Å². The van der Waals surface area contributed by atoms with Crippen LogP contribution in [-0.2, 0) is 8.85 Å². The van der Waals surface area contributed by atoms with E-state index < -0.39 is 10.0 Å². The highest BCUT2D eigenvalue weighted by Crippen LogP contribution is 1.81. The predicted molar refractivity (Wildman–Crippen MR) is 61.6 cm³/mol. The van der Waals surface area contributed by atoms with Gasteiger partial charge in [0.1, 0.15) is 0 Å². The van der Waals surface area contributed by atoms with Gasteiger partial charge in [-0.25, -0.2) is 0 Å². The monoisotopic (exact) mass is 206 g/mol. The van der Waals surface area contributed by atoms with E-state index in [-0.39, 0.29) is 0 Å². The van der Waals surface area contributed by atoms with Gasteiger partial charge in [0, 0.05) is 13.2 Å². The first-order valence-corrected chi connectivity index (χ1v) is 6.64. The second kappa shape index (κ2) is 18.0. The maximum absolute atomic E-state index is 5.20. The lowest BCUT2D eigenvalue weighted by atomic mass is 10.4. The third-order valence-electron chi connectivity index (χ3n) is 1.36. The van der Waals surface area contributed by atoms with Crippen molar-refractivity contribution >= 4 is 10.0 Å². The highest BCUT2D eigenvalue weighted by molar-refractivity contribution is 6.17. The largest absolute Gasteiger partial charge is 0.399 e. The molecule has 82 valence electrons. The zero-order chi connectivity index (χ0) is 10.4. The van der Waals surface area contributed by atoms with Gasteiger partial charge >= 0.3 is 10.0 Å². The smallest absolute Gasteiger partial charge is 0.304 e. The number of hydrogen-bond acceptors (Lipinski definition) is 2. The van der Waals surface area contributed by atoms with Crippen molar-refractivity contribution < 1.29 is 8.85 Å². The SMILES string of the molecule is CCCC.CCCO[SiH2]OCCC. The Morgan fingerprint density at radius 1 is 0.692 bits per heavy atom. The van der Waals surface area contributed by atoms with Crippen molar-refractivity contribution in [2.24, 2.45) is 0 Å². The van der Waals surface area contributed by atoms with Crippen LogP contribution in [0.3, 0.4) is 0 Å². The Balaban J connectivity index is 0. The second-order valence-corrected chi connectivity index (χ2v) is 3.99. The van der Waals surface area contributed by atoms with Crippen molar-refractivity contribution in [2.45, 2.75) is 53.4 Å². The highest BCUT2D eigenvalue weighted by atomic mass is 28.3. The van der Waals surface area contributed by atoms with Crippen LogP contribution in [0.5, 0.6) is 0 Å². The molecule has 0 atom stereocenters. The van der Waals surface area contributed by atoms with Gasteiger partial charge in [0.2, 0.25) is 0 Å². The molecule has 0 fully saturated rings. The molecule has 0 bridgehead atoms. The van der Waals surface area contributed by atoms with Gasteiger partial charge in [-0.3, -0.25) is 0 Å². The minimum absolute atomic E-state index is 0.611. The summed E-state index contributed by atoms with van der Waals surface area (Å²) >= 11 is 0. The summed E-state index contributed by atoms with van der Waals surface area (Å²) in [5, 5.41) is 0. The second-order valence-electron chi connectivity index (χ2n) is 2.93. The number of unbranched alkanes of at least 4 members (excludes halogenated alkanes) is 1. The summed E-state index contributed by atoms with van der Waals surface area (Å²) in [6.07, 6.45) is 4.84. The molecule has 0 aromatic heterocycles. The van der Waals surface area contributed by atoms with Crippen LogP contribution in [0, 0.1) is 0 Å². The first kappa shape index (κ1) is 15.6. The van der Waals surface area contributed by atoms with Crippen LogP contribution in [0.15, 0.2) is 0 Å². The topological polar surface area (TPSA) is 18.5 Å². The van der Waals surface area contributed by atoms with E-state index in [0.29, 0.717) is 0 Å². The van der Waals surface area contributed by atoms with Gasteiger partial charge in [-0.1, -0.05) is 40.5 Å². The molecule has 0 N–H and O–H groups in total. The third kappa shape index (κ3) is 24.5. The maximum Gasteiger partial charge on any atom is 0.304 e. The van der Waals surface area contributed by atoms with Crippen LogP contribution in [-0.4, -0.2) is 23.2 Å². The predicted octanol–water partition coefficient (Wildman–Crippen LogP) is 2.64. The zero-order valence-electron chi connectivity index (χ0n) is 9.77. The molecular formula is C10H26O2Si. The molecule has 3 heteroatoms. The summed E-state index contributed by atoms with van der Waals surface area (Å²) in [5.41, 5.74) is 0. The summed E-state index contributed by atoms with van der Waals surface area (Å²) in [6.45, 7) is 10.3. The van der Waals surface area contributed by atoms with E-state index in [0.717, 1.165) is 26.1 Å². The van der Waals surface area contributed by atoms with Gasteiger partial charge in [0.15, 0.2) is 0 Å². The van der Waals surface area contributed by atoms with Crippen LogP contribution in [0.1, 0.15) is 53.4 Å². The van der Waals surface area contributed by atoms with Crippen molar-refractivity contribution in [1.82, 2.24) is 0 Å². The molecule has 0 amide bonds. The van der Waals surface area contributed by atoms with Gasteiger partial charge in [-0.2, -0.15) is 0 Å². The minimum atomic E-state index is -0.611. The van der Waals surface area contributed by atoms with Crippen LogP contribution in [0.25, 0.3) is 0 Å². The van der Waals surface area contributed by atoms with Crippen LogP contribution in [0.2, 0.25) is 0 Å². The molecule has 0 spiro atoms. The maximum atomic E-state index is 5.20. The highest BCUT2D eigenvalue weighted by Gasteiger charge is 1.85. The molecule has 0 aliphatic rings. The molecule has 0 unspecified atom stereocenters. The zero-order valence-corrected chi connectivity index (χ0v) is 11.2. The Kier molecular flexibility index (Phi) is 21.6. The molecule has 0 saturated carbocycles. The Bertz CT molecular complexity index is 61.9. The average Bonchev–Trinajstić information content (AvgIpc) is 2.18. The van der Waals surface area contributed by atoms with Gasteiger partial charge in [-0.15, -0.1) is 0 Å². The normalized spacial score (nSPS) is 9.23. The molecule has 0 saturated heterocycles. The molecule has 0 aromatic rings. The third-order valence-corrected chi connectivity index (χ3v) is 2.27. The Labute approximate surface area is 86.1 Å². The number of rotatable bonds is 7. The first-order chi connectivity index (χ1) is 6.33. The van der Waals surface area contributed by atoms with Crippen molar-refractivity contribution in [3.63, 3.8) is 0 Å². The average molecular weight is 206 g/mol. The van der Waals surface area contributed by atoms with Gasteiger partial charge < -0.3 is 8.85 Å². The van der Waals surface area contributed by atoms with Crippen LogP contribution >= 0.6 is 0 Å². The lowest BCUT2D eigenvalue weighted by Gasteiger charge is -2.00. The van der Waals surface area contributed by atoms with E-state index in [9.17, 15) is 0 Å². The molecule has 0 heterocycles. The standard InChI is InChI=1S/C6H16O2Si.C4H10/c1-3-5-7-9-8-6-4-2;1-3-4-2/h3-6,9H2,1-2H3;3-4H2,1-2H3.